The number of benzene rings is 1. The minimum Gasteiger partial charge on any atom is -0.462 e. The summed E-state index contributed by atoms with van der Waals surface area (Å²) in [4.78, 5) is 25.8. The summed E-state index contributed by atoms with van der Waals surface area (Å²) in [6.07, 6.45) is 7.12. The van der Waals surface area contributed by atoms with Gasteiger partial charge in [0.05, 0.1) is 12.2 Å². The van der Waals surface area contributed by atoms with E-state index in [-0.39, 0.29) is 17.0 Å². The molecule has 1 heterocycles. The minimum absolute atomic E-state index is 0.159. The Balaban J connectivity index is 1.69. The number of fused-ring (bicyclic) bond motifs is 1. The molecule has 28 heavy (non-hydrogen) atoms. The zero-order chi connectivity index (χ0) is 19.9. The summed E-state index contributed by atoms with van der Waals surface area (Å²) < 4.78 is 5.23. The van der Waals surface area contributed by atoms with Crippen LogP contribution >= 0.6 is 23.6 Å². The maximum absolute atomic E-state index is 12.5. The van der Waals surface area contributed by atoms with Gasteiger partial charge in [0.1, 0.15) is 5.00 Å². The molecular formula is C21H22N2O3S2. The zero-order valence-electron chi connectivity index (χ0n) is 15.6. The standard InChI is InChI=1S/C21H22N2O3S2/c1-2-26-20(25)18-15-10-6-7-11-16(15)28-19(18)23-21(27)22-17(24)13-12-14-8-4-3-5-9-14/h3-5,8-9,12-13H,2,6-7,10-11H2,1H3,(H2,22,23,24,27)/b13-12-. The predicted molar refractivity (Wildman–Crippen MR) is 117 cm³/mol. The van der Waals surface area contributed by atoms with Crippen LogP contribution in [0.5, 0.6) is 0 Å². The van der Waals surface area contributed by atoms with E-state index in [1.165, 1.54) is 22.3 Å². The van der Waals surface area contributed by atoms with Crippen molar-refractivity contribution >= 4 is 51.6 Å². The average molecular weight is 415 g/mol. The lowest BCUT2D eigenvalue weighted by Crippen LogP contribution is -2.33. The second kappa shape index (κ2) is 9.61. The van der Waals surface area contributed by atoms with Gasteiger partial charge in [-0.25, -0.2) is 4.79 Å². The van der Waals surface area contributed by atoms with Gasteiger partial charge in [-0.1, -0.05) is 30.3 Å². The Morgan fingerprint density at radius 3 is 2.71 bits per heavy atom. The van der Waals surface area contributed by atoms with Gasteiger partial charge in [-0.15, -0.1) is 11.3 Å². The normalized spacial score (nSPS) is 13.0. The van der Waals surface area contributed by atoms with E-state index in [0.29, 0.717) is 17.2 Å². The largest absolute Gasteiger partial charge is 0.462 e. The molecule has 0 saturated heterocycles. The van der Waals surface area contributed by atoms with Crippen LogP contribution in [0, 0.1) is 0 Å². The van der Waals surface area contributed by atoms with Gasteiger partial charge in [-0.2, -0.15) is 0 Å². The molecule has 7 heteroatoms. The van der Waals surface area contributed by atoms with Crippen LogP contribution in [0.1, 0.15) is 46.1 Å². The van der Waals surface area contributed by atoms with E-state index in [2.05, 4.69) is 10.6 Å². The molecule has 5 nitrogen and oxygen atoms in total. The SMILES string of the molecule is CCOC(=O)c1c(NC(=S)NC(=O)/C=C\c2ccccc2)sc2c1CCCC2. The minimum atomic E-state index is -0.345. The number of hydrogen-bond donors (Lipinski definition) is 2. The van der Waals surface area contributed by atoms with E-state index >= 15 is 0 Å². The van der Waals surface area contributed by atoms with E-state index in [1.807, 2.05) is 30.3 Å². The molecule has 0 atom stereocenters. The molecule has 0 fully saturated rings. The van der Waals surface area contributed by atoms with Crippen LogP contribution in [0.2, 0.25) is 0 Å². The van der Waals surface area contributed by atoms with Crippen molar-refractivity contribution in [2.75, 3.05) is 11.9 Å². The van der Waals surface area contributed by atoms with Crippen LogP contribution in [-0.2, 0) is 22.4 Å². The number of thiophene rings is 1. The van der Waals surface area contributed by atoms with Crippen molar-refractivity contribution in [3.8, 4) is 0 Å². The lowest BCUT2D eigenvalue weighted by atomic mass is 9.95. The highest BCUT2D eigenvalue weighted by atomic mass is 32.1. The molecule has 0 unspecified atom stereocenters. The summed E-state index contributed by atoms with van der Waals surface area (Å²) in [6.45, 7) is 2.10. The molecule has 1 aromatic carbocycles. The molecule has 0 saturated carbocycles. The summed E-state index contributed by atoms with van der Waals surface area (Å²) in [5, 5.41) is 6.45. The second-order valence-electron chi connectivity index (χ2n) is 6.32. The second-order valence-corrected chi connectivity index (χ2v) is 7.84. The summed E-state index contributed by atoms with van der Waals surface area (Å²) in [5.74, 6) is -0.678. The van der Waals surface area contributed by atoms with E-state index in [1.54, 1.807) is 13.0 Å². The van der Waals surface area contributed by atoms with Crippen LogP contribution in [0.3, 0.4) is 0 Å². The van der Waals surface area contributed by atoms with Gasteiger partial charge in [-0.3, -0.25) is 10.1 Å². The Morgan fingerprint density at radius 2 is 1.96 bits per heavy atom. The third-order valence-corrected chi connectivity index (χ3v) is 5.75. The van der Waals surface area contributed by atoms with Gasteiger partial charge in [0.25, 0.3) is 0 Å². The first-order valence-corrected chi connectivity index (χ1v) is 10.5. The first-order chi connectivity index (χ1) is 13.6. The quantitative estimate of drug-likeness (QED) is 0.433. The smallest absolute Gasteiger partial charge is 0.341 e. The number of thiocarbonyl (C=S) groups is 1. The summed E-state index contributed by atoms with van der Waals surface area (Å²) in [5.41, 5.74) is 2.53. The van der Waals surface area contributed by atoms with Gasteiger partial charge in [0.2, 0.25) is 5.91 Å². The van der Waals surface area contributed by atoms with Gasteiger partial charge < -0.3 is 10.1 Å². The van der Waals surface area contributed by atoms with E-state index < -0.39 is 0 Å². The first-order valence-electron chi connectivity index (χ1n) is 9.25. The van der Waals surface area contributed by atoms with Crippen molar-refractivity contribution < 1.29 is 14.3 Å². The van der Waals surface area contributed by atoms with Crippen LogP contribution in [0.25, 0.3) is 6.08 Å². The Labute approximate surface area is 173 Å². The van der Waals surface area contributed by atoms with Crippen molar-refractivity contribution in [3.05, 3.63) is 58.0 Å². The molecule has 146 valence electrons. The first kappa shape index (κ1) is 20.2. The number of anilines is 1. The third-order valence-electron chi connectivity index (χ3n) is 4.34. The predicted octanol–water partition coefficient (Wildman–Crippen LogP) is 4.33. The molecule has 2 N–H and O–H groups in total. The van der Waals surface area contributed by atoms with Gasteiger partial charge in [0.15, 0.2) is 5.11 Å². The topological polar surface area (TPSA) is 67.4 Å². The number of aryl methyl sites for hydroxylation is 1. The van der Waals surface area contributed by atoms with Gasteiger partial charge >= 0.3 is 5.97 Å². The molecule has 1 aromatic heterocycles. The van der Waals surface area contributed by atoms with Gasteiger partial charge in [-0.05, 0) is 62.0 Å². The molecule has 0 bridgehead atoms. The summed E-state index contributed by atoms with van der Waals surface area (Å²) in [6, 6.07) is 9.53. The third kappa shape index (κ3) is 5.05. The molecule has 1 amide bonds. The molecule has 0 spiro atoms. The maximum atomic E-state index is 12.5. The average Bonchev–Trinajstić information content (AvgIpc) is 3.05. The maximum Gasteiger partial charge on any atom is 0.341 e. The molecule has 1 aliphatic carbocycles. The lowest BCUT2D eigenvalue weighted by molar-refractivity contribution is -0.115. The highest BCUT2D eigenvalue weighted by Gasteiger charge is 2.26. The molecule has 3 rings (SSSR count). The highest BCUT2D eigenvalue weighted by Crippen LogP contribution is 2.38. The number of rotatable bonds is 5. The van der Waals surface area contributed by atoms with E-state index in [9.17, 15) is 9.59 Å². The monoisotopic (exact) mass is 414 g/mol. The Kier molecular flexibility index (Phi) is 6.95. The fourth-order valence-electron chi connectivity index (χ4n) is 3.10. The fourth-order valence-corrected chi connectivity index (χ4v) is 4.65. The van der Waals surface area contributed by atoms with Crippen molar-refractivity contribution in [3.63, 3.8) is 0 Å². The van der Waals surface area contributed by atoms with E-state index in [0.717, 1.165) is 36.8 Å². The van der Waals surface area contributed by atoms with Crippen molar-refractivity contribution in [1.29, 1.82) is 0 Å². The Bertz CT molecular complexity index is 904. The zero-order valence-corrected chi connectivity index (χ0v) is 17.3. The Morgan fingerprint density at radius 1 is 1.21 bits per heavy atom. The number of ether oxygens (including phenoxy) is 1. The van der Waals surface area contributed by atoms with Crippen LogP contribution in [0.15, 0.2) is 36.4 Å². The summed E-state index contributed by atoms with van der Waals surface area (Å²) in [7, 11) is 0. The summed E-state index contributed by atoms with van der Waals surface area (Å²) >= 11 is 6.79. The van der Waals surface area contributed by atoms with E-state index in [4.69, 9.17) is 17.0 Å². The number of carbonyl (C=O) groups is 2. The molecule has 2 aromatic rings. The highest BCUT2D eigenvalue weighted by molar-refractivity contribution is 7.80. The molecule has 1 aliphatic rings. The lowest BCUT2D eigenvalue weighted by Gasteiger charge is -2.12. The van der Waals surface area contributed by atoms with Crippen LogP contribution < -0.4 is 10.6 Å². The molecule has 0 radical (unpaired) electrons. The number of amides is 1. The molecular weight excluding hydrogens is 392 g/mol. The number of esters is 1. The number of carbonyl (C=O) groups excluding carboxylic acids is 2. The van der Waals surface area contributed by atoms with Gasteiger partial charge in [0, 0.05) is 11.0 Å². The van der Waals surface area contributed by atoms with Crippen molar-refractivity contribution in [1.82, 2.24) is 5.32 Å². The number of hydrogen-bond acceptors (Lipinski definition) is 5. The van der Waals surface area contributed by atoms with Crippen LogP contribution in [0.4, 0.5) is 5.00 Å². The van der Waals surface area contributed by atoms with Crippen LogP contribution in [-0.4, -0.2) is 23.6 Å². The van der Waals surface area contributed by atoms with Crippen molar-refractivity contribution in [2.45, 2.75) is 32.6 Å². The Hall–Kier alpha value is -2.51. The van der Waals surface area contributed by atoms with Crippen molar-refractivity contribution in [2.24, 2.45) is 0 Å². The number of nitrogens with one attached hydrogen (secondary N) is 2. The molecule has 0 aliphatic heterocycles. The fraction of sp³-hybridized carbons (Fsp3) is 0.286.